The van der Waals surface area contributed by atoms with E-state index < -0.39 is 0 Å². The van der Waals surface area contributed by atoms with Crippen LogP contribution in [0.15, 0.2) is 48.5 Å². The van der Waals surface area contributed by atoms with Crippen molar-refractivity contribution in [3.63, 3.8) is 0 Å². The first-order valence-electron chi connectivity index (χ1n) is 9.80. The highest BCUT2D eigenvalue weighted by Gasteiger charge is 2.23. The van der Waals surface area contributed by atoms with E-state index in [1.807, 2.05) is 31.2 Å². The van der Waals surface area contributed by atoms with E-state index in [4.69, 9.17) is 9.47 Å². The second kappa shape index (κ2) is 9.93. The van der Waals surface area contributed by atoms with E-state index >= 15 is 0 Å². The van der Waals surface area contributed by atoms with Crippen molar-refractivity contribution in [2.75, 3.05) is 32.1 Å². The first-order valence-corrected chi connectivity index (χ1v) is 9.80. The molecule has 0 heterocycles. The van der Waals surface area contributed by atoms with Gasteiger partial charge in [-0.05, 0) is 75.3 Å². The lowest BCUT2D eigenvalue weighted by Crippen LogP contribution is -2.39. The predicted octanol–water partition coefficient (Wildman–Crippen LogP) is 3.03. The fourth-order valence-electron chi connectivity index (χ4n) is 2.76. The molecule has 0 saturated heterocycles. The highest BCUT2D eigenvalue weighted by molar-refractivity contribution is 5.92. The molecule has 7 heteroatoms. The number of amides is 2. The highest BCUT2D eigenvalue weighted by atomic mass is 16.5. The third-order valence-corrected chi connectivity index (χ3v) is 4.28. The number of hydrogen-bond donors (Lipinski definition) is 2. The molecule has 0 aromatic heterocycles. The summed E-state index contributed by atoms with van der Waals surface area (Å²) in [5.74, 6) is 1.95. The van der Waals surface area contributed by atoms with Gasteiger partial charge in [0.25, 0.3) is 0 Å². The number of benzene rings is 2. The summed E-state index contributed by atoms with van der Waals surface area (Å²) in [6.07, 6.45) is 2.10. The first kappa shape index (κ1) is 20.7. The smallest absolute Gasteiger partial charge is 0.238 e. The lowest BCUT2D eigenvalue weighted by atomic mass is 10.3. The molecule has 3 rings (SSSR count). The molecule has 1 aliphatic carbocycles. The van der Waals surface area contributed by atoms with Crippen molar-refractivity contribution >= 4 is 17.5 Å². The zero-order chi connectivity index (χ0) is 20.6. The lowest BCUT2D eigenvalue weighted by Gasteiger charge is -2.16. The molecule has 2 N–H and O–H groups in total. The van der Waals surface area contributed by atoms with Crippen LogP contribution in [0.5, 0.6) is 17.2 Å². The minimum absolute atomic E-state index is 0.0430. The molecule has 0 spiro atoms. The van der Waals surface area contributed by atoms with Crippen LogP contribution in [-0.2, 0) is 9.59 Å². The summed E-state index contributed by atoms with van der Waals surface area (Å²) in [6.45, 7) is 2.91. The Kier molecular flexibility index (Phi) is 7.08. The Morgan fingerprint density at radius 3 is 2.07 bits per heavy atom. The van der Waals surface area contributed by atoms with Crippen LogP contribution < -0.4 is 20.1 Å². The van der Waals surface area contributed by atoms with Gasteiger partial charge in [0.2, 0.25) is 11.8 Å². The normalized spacial score (nSPS) is 13.1. The van der Waals surface area contributed by atoms with Crippen LogP contribution in [0.3, 0.4) is 0 Å². The summed E-state index contributed by atoms with van der Waals surface area (Å²) < 4.78 is 11.2. The Morgan fingerprint density at radius 2 is 1.48 bits per heavy atom. The number of hydrogen-bond acceptors (Lipinski definition) is 5. The number of nitrogens with one attached hydrogen (secondary N) is 2. The molecule has 1 fully saturated rings. The van der Waals surface area contributed by atoms with Gasteiger partial charge in [-0.25, -0.2) is 0 Å². The van der Waals surface area contributed by atoms with Crippen LogP contribution in [0.25, 0.3) is 0 Å². The molecule has 2 aromatic rings. The van der Waals surface area contributed by atoms with E-state index in [2.05, 4.69) is 10.6 Å². The Balaban J connectivity index is 1.44. The van der Waals surface area contributed by atoms with Crippen LogP contribution >= 0.6 is 0 Å². The quantitative estimate of drug-likeness (QED) is 0.644. The van der Waals surface area contributed by atoms with E-state index in [1.54, 1.807) is 36.2 Å². The zero-order valence-electron chi connectivity index (χ0n) is 16.8. The van der Waals surface area contributed by atoms with Crippen LogP contribution in [0.2, 0.25) is 0 Å². The number of ether oxygens (including phenoxy) is 2. The Bertz CT molecular complexity index is 817. The van der Waals surface area contributed by atoms with Gasteiger partial charge >= 0.3 is 0 Å². The summed E-state index contributed by atoms with van der Waals surface area (Å²) in [6, 6.07) is 14.9. The molecule has 2 amide bonds. The molecule has 0 unspecified atom stereocenters. The maximum Gasteiger partial charge on any atom is 0.238 e. The molecule has 0 radical (unpaired) electrons. The van der Waals surface area contributed by atoms with Gasteiger partial charge in [0, 0.05) is 11.7 Å². The van der Waals surface area contributed by atoms with Gasteiger partial charge in [0.05, 0.1) is 19.7 Å². The summed E-state index contributed by atoms with van der Waals surface area (Å²) in [7, 11) is 1.75. The van der Waals surface area contributed by atoms with Crippen LogP contribution in [0.1, 0.15) is 19.8 Å². The third kappa shape index (κ3) is 7.12. The molecule has 2 aromatic carbocycles. The van der Waals surface area contributed by atoms with E-state index in [1.165, 1.54) is 0 Å². The van der Waals surface area contributed by atoms with Gasteiger partial charge in [0.15, 0.2) is 0 Å². The molecular weight excluding hydrogens is 370 g/mol. The van der Waals surface area contributed by atoms with Crippen molar-refractivity contribution < 1.29 is 19.1 Å². The van der Waals surface area contributed by atoms with Crippen molar-refractivity contribution in [1.82, 2.24) is 10.2 Å². The van der Waals surface area contributed by atoms with Gasteiger partial charge in [-0.15, -0.1) is 0 Å². The molecule has 1 aliphatic rings. The molecule has 0 atom stereocenters. The maximum absolute atomic E-state index is 12.2. The second-order valence-corrected chi connectivity index (χ2v) is 7.09. The second-order valence-electron chi connectivity index (χ2n) is 7.09. The number of likely N-dealkylation sites (N-methyl/N-ethyl adjacent to an activating group) is 1. The van der Waals surface area contributed by atoms with Crippen molar-refractivity contribution in [2.45, 2.75) is 25.8 Å². The molecular formula is C22H27N3O4. The van der Waals surface area contributed by atoms with E-state index in [-0.39, 0.29) is 24.9 Å². The summed E-state index contributed by atoms with van der Waals surface area (Å²) >= 11 is 0. The predicted molar refractivity (Wildman–Crippen MR) is 111 cm³/mol. The first-order chi connectivity index (χ1) is 14.0. The van der Waals surface area contributed by atoms with Crippen molar-refractivity contribution in [1.29, 1.82) is 0 Å². The van der Waals surface area contributed by atoms with Crippen LogP contribution in [0.4, 0.5) is 5.69 Å². The van der Waals surface area contributed by atoms with E-state index in [9.17, 15) is 9.59 Å². The average Bonchev–Trinajstić information content (AvgIpc) is 3.48. The van der Waals surface area contributed by atoms with Crippen molar-refractivity contribution in [2.24, 2.45) is 0 Å². The summed E-state index contributed by atoms with van der Waals surface area (Å²) in [5, 5.41) is 5.74. The maximum atomic E-state index is 12.2. The lowest BCUT2D eigenvalue weighted by molar-refractivity contribution is -0.123. The molecule has 154 valence electrons. The molecule has 1 saturated carbocycles. The Labute approximate surface area is 171 Å². The number of rotatable bonds is 10. The summed E-state index contributed by atoms with van der Waals surface area (Å²) in [4.78, 5) is 25.6. The number of anilines is 1. The standard InChI is InChI=1S/C22H27N3O4/c1-3-28-18-10-12-20(13-11-18)29-19-8-6-17(7-9-19)24-22(27)15-25(2)14-21(26)23-16-4-5-16/h6-13,16H,3-5,14-15H2,1-2H3,(H,23,26)(H,24,27). The van der Waals surface area contributed by atoms with Gasteiger partial charge in [-0.2, -0.15) is 0 Å². The third-order valence-electron chi connectivity index (χ3n) is 4.28. The highest BCUT2D eigenvalue weighted by Crippen LogP contribution is 2.25. The topological polar surface area (TPSA) is 79.9 Å². The Hall–Kier alpha value is -3.06. The van der Waals surface area contributed by atoms with Gasteiger partial charge in [-0.3, -0.25) is 14.5 Å². The van der Waals surface area contributed by atoms with Crippen LogP contribution in [-0.4, -0.2) is 49.5 Å². The fourth-order valence-corrected chi connectivity index (χ4v) is 2.76. The summed E-state index contributed by atoms with van der Waals surface area (Å²) in [5.41, 5.74) is 0.671. The minimum Gasteiger partial charge on any atom is -0.494 e. The number of carbonyl (C=O) groups excluding carboxylic acids is 2. The molecule has 0 bridgehead atoms. The largest absolute Gasteiger partial charge is 0.494 e. The average molecular weight is 397 g/mol. The zero-order valence-corrected chi connectivity index (χ0v) is 16.8. The van der Waals surface area contributed by atoms with Gasteiger partial charge < -0.3 is 20.1 Å². The van der Waals surface area contributed by atoms with Gasteiger partial charge in [-0.1, -0.05) is 0 Å². The minimum atomic E-state index is -0.174. The number of carbonyl (C=O) groups is 2. The fraction of sp³-hybridized carbons (Fsp3) is 0.364. The van der Waals surface area contributed by atoms with E-state index in [0.29, 0.717) is 29.8 Å². The number of nitrogens with zero attached hydrogens (tertiary/aromatic N) is 1. The monoisotopic (exact) mass is 397 g/mol. The molecule has 0 aliphatic heterocycles. The van der Waals surface area contributed by atoms with Crippen molar-refractivity contribution in [3.8, 4) is 17.2 Å². The van der Waals surface area contributed by atoms with Crippen LogP contribution in [0, 0.1) is 0 Å². The van der Waals surface area contributed by atoms with E-state index in [0.717, 1.165) is 18.6 Å². The molecule has 7 nitrogen and oxygen atoms in total. The Morgan fingerprint density at radius 1 is 0.931 bits per heavy atom. The van der Waals surface area contributed by atoms with Crippen molar-refractivity contribution in [3.05, 3.63) is 48.5 Å². The van der Waals surface area contributed by atoms with Gasteiger partial charge in [0.1, 0.15) is 17.2 Å². The SMILES string of the molecule is CCOc1ccc(Oc2ccc(NC(=O)CN(C)CC(=O)NC3CC3)cc2)cc1. The molecule has 29 heavy (non-hydrogen) atoms.